The van der Waals surface area contributed by atoms with E-state index in [2.05, 4.69) is 20.6 Å². The van der Waals surface area contributed by atoms with Crippen LogP contribution in [0.15, 0.2) is 54.9 Å². The highest BCUT2D eigenvalue weighted by Gasteiger charge is 2.14. The predicted octanol–water partition coefficient (Wildman–Crippen LogP) is 4.14. The monoisotopic (exact) mass is 384 g/mol. The van der Waals surface area contributed by atoms with Gasteiger partial charge in [-0.2, -0.15) is 0 Å². The largest absolute Gasteiger partial charge is 0.495 e. The molecule has 2 N–H and O–H groups in total. The van der Waals surface area contributed by atoms with Gasteiger partial charge in [-0.1, -0.05) is 17.7 Å². The smallest absolute Gasteiger partial charge is 0.255 e. The van der Waals surface area contributed by atoms with Gasteiger partial charge in [-0.05, 0) is 24.3 Å². The normalized spacial score (nSPS) is 10.2. The van der Waals surface area contributed by atoms with Gasteiger partial charge in [0.25, 0.3) is 5.91 Å². The predicted molar refractivity (Wildman–Crippen MR) is 104 cm³/mol. The van der Waals surface area contributed by atoms with Crippen molar-refractivity contribution in [2.75, 3.05) is 24.9 Å². The molecule has 1 heterocycles. The Morgan fingerprint density at radius 2 is 1.74 bits per heavy atom. The van der Waals surface area contributed by atoms with Gasteiger partial charge in [0.2, 0.25) is 5.95 Å². The lowest BCUT2D eigenvalue weighted by molar-refractivity contribution is 0.102. The molecule has 1 amide bonds. The number of methoxy groups -OCH3 is 2. The number of amides is 1. The van der Waals surface area contributed by atoms with Crippen molar-refractivity contribution in [1.29, 1.82) is 0 Å². The average molecular weight is 385 g/mol. The number of benzene rings is 2. The summed E-state index contributed by atoms with van der Waals surface area (Å²) in [4.78, 5) is 20.9. The summed E-state index contributed by atoms with van der Waals surface area (Å²) in [6, 6.07) is 11.9. The second-order valence-electron chi connectivity index (χ2n) is 5.42. The molecule has 27 heavy (non-hydrogen) atoms. The number of anilines is 3. The molecular formula is C19H17ClN4O3. The van der Waals surface area contributed by atoms with Gasteiger partial charge in [-0.15, -0.1) is 0 Å². The molecule has 0 saturated carbocycles. The van der Waals surface area contributed by atoms with Crippen LogP contribution in [0, 0.1) is 0 Å². The fourth-order valence-electron chi connectivity index (χ4n) is 2.38. The number of ether oxygens (including phenoxy) is 2. The first-order chi connectivity index (χ1) is 13.1. The number of nitrogens with one attached hydrogen (secondary N) is 2. The second-order valence-corrected chi connectivity index (χ2v) is 5.83. The fourth-order valence-corrected chi connectivity index (χ4v) is 2.61. The highest BCUT2D eigenvalue weighted by atomic mass is 35.5. The van der Waals surface area contributed by atoms with Crippen molar-refractivity contribution < 1.29 is 14.3 Å². The zero-order valence-electron chi connectivity index (χ0n) is 14.7. The minimum absolute atomic E-state index is 0.310. The lowest BCUT2D eigenvalue weighted by Gasteiger charge is -2.13. The molecular weight excluding hydrogens is 368 g/mol. The number of carbonyl (C=O) groups is 1. The van der Waals surface area contributed by atoms with Crippen LogP contribution >= 0.6 is 11.6 Å². The summed E-state index contributed by atoms with van der Waals surface area (Å²) in [7, 11) is 3.00. The minimum atomic E-state index is -0.310. The molecule has 138 valence electrons. The van der Waals surface area contributed by atoms with Crippen LogP contribution in [0.2, 0.25) is 5.02 Å². The Kier molecular flexibility index (Phi) is 5.73. The molecule has 0 aliphatic rings. The van der Waals surface area contributed by atoms with Gasteiger partial charge in [-0.25, -0.2) is 9.97 Å². The average Bonchev–Trinajstić information content (AvgIpc) is 2.70. The van der Waals surface area contributed by atoms with Gasteiger partial charge in [0.15, 0.2) is 0 Å². The SMILES string of the molecule is COc1cc(NC(=O)c2cccc(Nc3ncccn3)c2)c(OC)cc1Cl. The molecule has 0 spiro atoms. The topological polar surface area (TPSA) is 85.4 Å². The van der Waals surface area contributed by atoms with Crippen LogP contribution in [0.3, 0.4) is 0 Å². The van der Waals surface area contributed by atoms with E-state index in [-0.39, 0.29) is 5.91 Å². The van der Waals surface area contributed by atoms with E-state index in [1.807, 2.05) is 6.07 Å². The van der Waals surface area contributed by atoms with Gasteiger partial charge >= 0.3 is 0 Å². The zero-order chi connectivity index (χ0) is 19.2. The summed E-state index contributed by atoms with van der Waals surface area (Å²) in [6.07, 6.45) is 3.26. The van der Waals surface area contributed by atoms with Gasteiger partial charge < -0.3 is 20.1 Å². The van der Waals surface area contributed by atoms with Crippen LogP contribution in [0.1, 0.15) is 10.4 Å². The number of carbonyl (C=O) groups excluding carboxylic acids is 1. The van der Waals surface area contributed by atoms with Gasteiger partial charge in [-0.3, -0.25) is 4.79 Å². The maximum absolute atomic E-state index is 12.7. The van der Waals surface area contributed by atoms with Crippen LogP contribution in [-0.4, -0.2) is 30.1 Å². The first-order valence-corrected chi connectivity index (χ1v) is 8.35. The number of hydrogen-bond acceptors (Lipinski definition) is 6. The Morgan fingerprint density at radius 1 is 1.00 bits per heavy atom. The summed E-state index contributed by atoms with van der Waals surface area (Å²) in [5, 5.41) is 6.25. The molecule has 0 fully saturated rings. The van der Waals surface area contributed by atoms with Crippen molar-refractivity contribution in [1.82, 2.24) is 9.97 Å². The highest BCUT2D eigenvalue weighted by Crippen LogP contribution is 2.36. The van der Waals surface area contributed by atoms with Gasteiger partial charge in [0, 0.05) is 35.8 Å². The van der Waals surface area contributed by atoms with Crippen LogP contribution in [0.25, 0.3) is 0 Å². The van der Waals surface area contributed by atoms with E-state index >= 15 is 0 Å². The van der Waals surface area contributed by atoms with Crippen LogP contribution in [0.4, 0.5) is 17.3 Å². The van der Waals surface area contributed by atoms with Crippen molar-refractivity contribution >= 4 is 34.8 Å². The number of nitrogens with zero attached hydrogens (tertiary/aromatic N) is 2. The number of halogens is 1. The molecule has 0 radical (unpaired) electrons. The standard InChI is InChI=1S/C19H17ClN4O3/c1-26-16-11-15(17(27-2)10-14(16)20)24-18(25)12-5-3-6-13(9-12)23-19-21-7-4-8-22-19/h3-11H,1-2H3,(H,24,25)(H,21,22,23). The zero-order valence-corrected chi connectivity index (χ0v) is 15.4. The fraction of sp³-hybridized carbons (Fsp3) is 0.105. The molecule has 7 nitrogen and oxygen atoms in total. The Morgan fingerprint density at radius 3 is 2.44 bits per heavy atom. The van der Waals surface area contributed by atoms with Crippen molar-refractivity contribution in [3.63, 3.8) is 0 Å². The van der Waals surface area contributed by atoms with Crippen molar-refractivity contribution in [2.24, 2.45) is 0 Å². The van der Waals surface area contributed by atoms with E-state index in [9.17, 15) is 4.79 Å². The third-order valence-corrected chi connectivity index (χ3v) is 3.96. The molecule has 3 rings (SSSR count). The van der Waals surface area contributed by atoms with Crippen molar-refractivity contribution in [2.45, 2.75) is 0 Å². The lowest BCUT2D eigenvalue weighted by Crippen LogP contribution is -2.13. The first kappa shape index (κ1) is 18.5. The first-order valence-electron chi connectivity index (χ1n) is 7.97. The van der Waals surface area contributed by atoms with E-state index in [0.717, 1.165) is 0 Å². The van der Waals surface area contributed by atoms with E-state index in [1.54, 1.807) is 48.8 Å². The Balaban J connectivity index is 1.82. The summed E-state index contributed by atoms with van der Waals surface area (Å²) >= 11 is 6.09. The molecule has 0 aliphatic carbocycles. The van der Waals surface area contributed by atoms with Gasteiger partial charge in [0.05, 0.1) is 24.9 Å². The molecule has 0 unspecified atom stereocenters. The summed E-state index contributed by atoms with van der Waals surface area (Å²) in [6.45, 7) is 0. The molecule has 0 aliphatic heterocycles. The molecule has 1 aromatic heterocycles. The quantitative estimate of drug-likeness (QED) is 0.664. The highest BCUT2D eigenvalue weighted by molar-refractivity contribution is 6.32. The lowest BCUT2D eigenvalue weighted by atomic mass is 10.1. The Bertz CT molecular complexity index is 951. The molecule has 8 heteroatoms. The van der Waals surface area contributed by atoms with Crippen molar-refractivity contribution in [3.8, 4) is 11.5 Å². The third-order valence-electron chi connectivity index (χ3n) is 3.67. The maximum atomic E-state index is 12.7. The van der Waals surface area contributed by atoms with Crippen LogP contribution in [-0.2, 0) is 0 Å². The summed E-state index contributed by atoms with van der Waals surface area (Å²) in [5.41, 5.74) is 1.59. The number of rotatable bonds is 6. The van der Waals surface area contributed by atoms with Crippen LogP contribution < -0.4 is 20.1 Å². The van der Waals surface area contributed by atoms with E-state index in [4.69, 9.17) is 21.1 Å². The van der Waals surface area contributed by atoms with Crippen LogP contribution in [0.5, 0.6) is 11.5 Å². The van der Waals surface area contributed by atoms with E-state index in [0.29, 0.717) is 39.4 Å². The number of aromatic nitrogens is 2. The second kappa shape index (κ2) is 8.37. The molecule has 3 aromatic rings. The summed E-state index contributed by atoms with van der Waals surface area (Å²) in [5.74, 6) is 1.000. The van der Waals surface area contributed by atoms with Gasteiger partial charge in [0.1, 0.15) is 11.5 Å². The summed E-state index contributed by atoms with van der Waals surface area (Å²) < 4.78 is 10.5. The van der Waals surface area contributed by atoms with E-state index in [1.165, 1.54) is 14.2 Å². The molecule has 0 saturated heterocycles. The maximum Gasteiger partial charge on any atom is 0.255 e. The Hall–Kier alpha value is -3.32. The number of hydrogen-bond donors (Lipinski definition) is 2. The molecule has 2 aromatic carbocycles. The van der Waals surface area contributed by atoms with Crippen molar-refractivity contribution in [3.05, 3.63) is 65.4 Å². The Labute approximate surface area is 161 Å². The molecule has 0 atom stereocenters. The minimum Gasteiger partial charge on any atom is -0.495 e. The molecule has 0 bridgehead atoms. The van der Waals surface area contributed by atoms with E-state index < -0.39 is 0 Å². The third kappa shape index (κ3) is 4.45.